The molecule has 2 amide bonds. The number of likely N-dealkylation sites (tertiary alicyclic amines) is 2. The first kappa shape index (κ1) is 16.0. The molecule has 1 spiro atoms. The molecule has 0 bridgehead atoms. The van der Waals surface area contributed by atoms with Gasteiger partial charge >= 0.3 is 0 Å². The summed E-state index contributed by atoms with van der Waals surface area (Å²) in [5.74, 6) is 0.209. The van der Waals surface area contributed by atoms with Crippen LogP contribution in [0.1, 0.15) is 55.4 Å². The number of carbonyl (C=O) groups is 2. The summed E-state index contributed by atoms with van der Waals surface area (Å²) in [5.41, 5.74) is 5.04. The van der Waals surface area contributed by atoms with Gasteiger partial charge in [0.05, 0.1) is 6.54 Å². The lowest BCUT2D eigenvalue weighted by Crippen LogP contribution is -2.61. The monoisotopic (exact) mass is 320 g/mol. The Hall–Kier alpha value is -1.89. The topological polar surface area (TPSA) is 92.7 Å². The average Bonchev–Trinajstić information content (AvgIpc) is 3.19. The number of amides is 2. The zero-order chi connectivity index (χ0) is 16.4. The Balaban J connectivity index is 1.86. The normalized spacial score (nSPS) is 24.7. The van der Waals surface area contributed by atoms with E-state index in [1.807, 2.05) is 4.90 Å². The lowest BCUT2D eigenvalue weighted by Gasteiger charge is -2.44. The molecule has 2 N–H and O–H groups in total. The smallest absolute Gasteiger partial charge is 0.276 e. The quantitative estimate of drug-likeness (QED) is 0.898. The Morgan fingerprint density at radius 2 is 2.13 bits per heavy atom. The van der Waals surface area contributed by atoms with Crippen LogP contribution in [-0.4, -0.2) is 51.8 Å². The number of piperidine rings is 1. The fourth-order valence-electron chi connectivity index (χ4n) is 3.85. The Bertz CT molecular complexity index is 598. The molecule has 23 heavy (non-hydrogen) atoms. The highest BCUT2D eigenvalue weighted by molar-refractivity contribution is 5.98. The van der Waals surface area contributed by atoms with Crippen molar-refractivity contribution in [2.24, 2.45) is 5.73 Å². The maximum atomic E-state index is 13.0. The molecule has 1 aromatic rings. The highest BCUT2D eigenvalue weighted by Crippen LogP contribution is 2.39. The van der Waals surface area contributed by atoms with E-state index in [2.05, 4.69) is 11.9 Å². The van der Waals surface area contributed by atoms with Crippen LogP contribution in [0.5, 0.6) is 0 Å². The summed E-state index contributed by atoms with van der Waals surface area (Å²) in [6, 6.07) is 0. The summed E-state index contributed by atoms with van der Waals surface area (Å²) in [6.45, 7) is 4.36. The molecule has 2 aliphatic heterocycles. The number of oxazole rings is 1. The first-order chi connectivity index (χ1) is 11.1. The molecule has 0 radical (unpaired) electrons. The predicted octanol–water partition coefficient (Wildman–Crippen LogP) is 1.14. The third kappa shape index (κ3) is 2.63. The van der Waals surface area contributed by atoms with E-state index >= 15 is 0 Å². The van der Waals surface area contributed by atoms with Crippen LogP contribution >= 0.6 is 0 Å². The van der Waals surface area contributed by atoms with E-state index in [0.717, 1.165) is 45.2 Å². The van der Waals surface area contributed by atoms with Crippen LogP contribution in [0, 0.1) is 0 Å². The second-order valence-electron chi connectivity index (χ2n) is 6.32. The molecule has 7 nitrogen and oxygen atoms in total. The zero-order valence-electron chi connectivity index (χ0n) is 13.6. The number of aromatic nitrogens is 1. The predicted molar refractivity (Wildman–Crippen MR) is 83.5 cm³/mol. The minimum absolute atomic E-state index is 0.0963. The standard InChI is InChI=1S/C16H24N4O3/c1-2-7-19-8-3-5-16(15(19)22)6-4-9-20(16)14(21)12-11-23-13(10-17)18-12/h11H,2-10,17H2,1H3. The Labute approximate surface area is 135 Å². The van der Waals surface area contributed by atoms with Crippen LogP contribution in [0.15, 0.2) is 10.7 Å². The Morgan fingerprint density at radius 3 is 2.78 bits per heavy atom. The van der Waals surface area contributed by atoms with Crippen molar-refractivity contribution < 1.29 is 14.0 Å². The van der Waals surface area contributed by atoms with Gasteiger partial charge in [-0.2, -0.15) is 0 Å². The third-order valence-electron chi connectivity index (χ3n) is 4.88. The minimum Gasteiger partial charge on any atom is -0.447 e. The van der Waals surface area contributed by atoms with Gasteiger partial charge in [0.1, 0.15) is 11.8 Å². The van der Waals surface area contributed by atoms with Crippen LogP contribution in [0.2, 0.25) is 0 Å². The van der Waals surface area contributed by atoms with Crippen molar-refractivity contribution in [2.75, 3.05) is 19.6 Å². The molecule has 0 aliphatic carbocycles. The van der Waals surface area contributed by atoms with Crippen molar-refractivity contribution in [1.82, 2.24) is 14.8 Å². The second-order valence-corrected chi connectivity index (χ2v) is 6.32. The molecule has 0 aromatic carbocycles. The van der Waals surface area contributed by atoms with Crippen LogP contribution in [0.25, 0.3) is 0 Å². The number of nitrogens with two attached hydrogens (primary N) is 1. The lowest BCUT2D eigenvalue weighted by molar-refractivity contribution is -0.145. The Morgan fingerprint density at radius 1 is 1.39 bits per heavy atom. The van der Waals surface area contributed by atoms with Crippen molar-refractivity contribution in [3.63, 3.8) is 0 Å². The number of hydrogen-bond acceptors (Lipinski definition) is 5. The Kier molecular flexibility index (Phi) is 4.39. The number of carbonyl (C=O) groups excluding carboxylic acids is 2. The minimum atomic E-state index is -0.688. The summed E-state index contributed by atoms with van der Waals surface area (Å²) in [6.07, 6.45) is 5.52. The molecule has 2 aliphatic rings. The second kappa shape index (κ2) is 6.31. The van der Waals surface area contributed by atoms with E-state index in [-0.39, 0.29) is 24.1 Å². The van der Waals surface area contributed by atoms with Gasteiger partial charge in [-0.1, -0.05) is 6.92 Å². The van der Waals surface area contributed by atoms with E-state index in [0.29, 0.717) is 12.4 Å². The highest BCUT2D eigenvalue weighted by atomic mass is 16.3. The van der Waals surface area contributed by atoms with E-state index in [1.54, 1.807) is 4.90 Å². The van der Waals surface area contributed by atoms with Gasteiger partial charge in [-0.15, -0.1) is 0 Å². The van der Waals surface area contributed by atoms with E-state index in [9.17, 15) is 9.59 Å². The van der Waals surface area contributed by atoms with Crippen molar-refractivity contribution in [2.45, 2.75) is 51.1 Å². The van der Waals surface area contributed by atoms with Gasteiger partial charge in [-0.25, -0.2) is 4.98 Å². The summed E-state index contributed by atoms with van der Waals surface area (Å²) in [7, 11) is 0. The molecule has 1 aromatic heterocycles. The average molecular weight is 320 g/mol. The molecular formula is C16H24N4O3. The van der Waals surface area contributed by atoms with Crippen LogP contribution in [-0.2, 0) is 11.3 Å². The van der Waals surface area contributed by atoms with Crippen LogP contribution < -0.4 is 5.73 Å². The van der Waals surface area contributed by atoms with E-state index in [4.69, 9.17) is 10.2 Å². The molecule has 126 valence electrons. The molecule has 3 heterocycles. The summed E-state index contributed by atoms with van der Waals surface area (Å²) >= 11 is 0. The first-order valence-electron chi connectivity index (χ1n) is 8.38. The molecule has 7 heteroatoms. The highest BCUT2D eigenvalue weighted by Gasteiger charge is 2.52. The van der Waals surface area contributed by atoms with Gasteiger partial charge in [0.25, 0.3) is 5.91 Å². The lowest BCUT2D eigenvalue weighted by atomic mass is 9.85. The molecule has 1 unspecified atom stereocenters. The van der Waals surface area contributed by atoms with Gasteiger partial charge in [0.2, 0.25) is 11.8 Å². The maximum Gasteiger partial charge on any atom is 0.276 e. The SMILES string of the molecule is CCCN1CCCC2(CCCN2C(=O)c2coc(CN)n2)C1=O. The molecule has 0 saturated carbocycles. The fraction of sp³-hybridized carbons (Fsp3) is 0.688. The largest absolute Gasteiger partial charge is 0.447 e. The fourth-order valence-corrected chi connectivity index (χ4v) is 3.85. The summed E-state index contributed by atoms with van der Waals surface area (Å²) < 4.78 is 5.18. The van der Waals surface area contributed by atoms with Crippen molar-refractivity contribution in [1.29, 1.82) is 0 Å². The molecular weight excluding hydrogens is 296 g/mol. The van der Waals surface area contributed by atoms with Gasteiger partial charge in [0.15, 0.2) is 5.69 Å². The molecule has 2 saturated heterocycles. The molecule has 3 rings (SSSR count). The van der Waals surface area contributed by atoms with Gasteiger partial charge in [-0.05, 0) is 32.1 Å². The van der Waals surface area contributed by atoms with Gasteiger partial charge in [-0.3, -0.25) is 9.59 Å². The molecule has 2 fully saturated rings. The summed E-state index contributed by atoms with van der Waals surface area (Å²) in [4.78, 5) is 33.6. The van der Waals surface area contributed by atoms with Gasteiger partial charge in [0, 0.05) is 19.6 Å². The molecule has 1 atom stereocenters. The van der Waals surface area contributed by atoms with E-state index in [1.165, 1.54) is 6.26 Å². The van der Waals surface area contributed by atoms with Crippen molar-refractivity contribution in [3.8, 4) is 0 Å². The number of rotatable bonds is 4. The van der Waals surface area contributed by atoms with Crippen molar-refractivity contribution >= 4 is 11.8 Å². The first-order valence-corrected chi connectivity index (χ1v) is 8.38. The van der Waals surface area contributed by atoms with Crippen LogP contribution in [0.3, 0.4) is 0 Å². The van der Waals surface area contributed by atoms with Crippen LogP contribution in [0.4, 0.5) is 0 Å². The number of nitrogens with zero attached hydrogens (tertiary/aromatic N) is 3. The van der Waals surface area contributed by atoms with E-state index < -0.39 is 5.54 Å². The van der Waals surface area contributed by atoms with Crippen molar-refractivity contribution in [3.05, 3.63) is 17.8 Å². The third-order valence-corrected chi connectivity index (χ3v) is 4.88. The zero-order valence-corrected chi connectivity index (χ0v) is 13.6. The summed E-state index contributed by atoms with van der Waals surface area (Å²) in [5, 5.41) is 0. The van der Waals surface area contributed by atoms with Gasteiger partial charge < -0.3 is 20.0 Å². The maximum absolute atomic E-state index is 13.0. The number of hydrogen-bond donors (Lipinski definition) is 1.